The van der Waals surface area contributed by atoms with Crippen molar-refractivity contribution in [3.8, 4) is 5.75 Å². The highest BCUT2D eigenvalue weighted by atomic mass is 32.2. The molecule has 0 amide bonds. The molecular weight excluding hydrogens is 672 g/mol. The number of ether oxygens (including phenoxy) is 2. The summed E-state index contributed by atoms with van der Waals surface area (Å²) < 4.78 is 31.7. The van der Waals surface area contributed by atoms with Gasteiger partial charge in [0.25, 0.3) is 0 Å². The van der Waals surface area contributed by atoms with Gasteiger partial charge in [-0.3, -0.25) is 9.69 Å². The van der Waals surface area contributed by atoms with Gasteiger partial charge >= 0.3 is 5.97 Å². The summed E-state index contributed by atoms with van der Waals surface area (Å²) in [5.41, 5.74) is 7.93. The first-order valence-corrected chi connectivity index (χ1v) is 19.6. The van der Waals surface area contributed by atoms with Crippen LogP contribution in [0.2, 0.25) is 0 Å². The number of hydrazone groups is 1. The third-order valence-electron chi connectivity index (χ3n) is 10.5. The predicted octanol–water partition coefficient (Wildman–Crippen LogP) is 7.56. The molecule has 4 aromatic rings. The van der Waals surface area contributed by atoms with Crippen LogP contribution >= 0.6 is 23.5 Å². The van der Waals surface area contributed by atoms with E-state index in [0.717, 1.165) is 77.5 Å². The molecule has 8 rings (SSSR count). The minimum atomic E-state index is -0.437. The van der Waals surface area contributed by atoms with Gasteiger partial charge in [-0.15, -0.1) is 23.5 Å². The second-order valence-corrected chi connectivity index (χ2v) is 15.8. The Kier molecular flexibility index (Phi) is 8.87. The van der Waals surface area contributed by atoms with Crippen LogP contribution in [0.5, 0.6) is 5.75 Å². The maximum Gasteiger partial charge on any atom is 0.354 e. The summed E-state index contributed by atoms with van der Waals surface area (Å²) >= 11 is 3.56. The van der Waals surface area contributed by atoms with Crippen molar-refractivity contribution in [1.29, 1.82) is 0 Å². The maximum atomic E-state index is 16.1. The van der Waals surface area contributed by atoms with Crippen LogP contribution in [-0.4, -0.2) is 63.1 Å². The van der Waals surface area contributed by atoms with E-state index in [1.165, 1.54) is 23.6 Å². The first-order valence-electron chi connectivity index (χ1n) is 17.4. The lowest BCUT2D eigenvalue weighted by Crippen LogP contribution is -2.26. The summed E-state index contributed by atoms with van der Waals surface area (Å²) in [5, 5.41) is 16.3. The van der Waals surface area contributed by atoms with Crippen LogP contribution < -0.4 is 10.1 Å². The zero-order chi connectivity index (χ0) is 34.6. The van der Waals surface area contributed by atoms with Gasteiger partial charge in [-0.2, -0.15) is 10.2 Å². The van der Waals surface area contributed by atoms with Gasteiger partial charge in [0.2, 0.25) is 0 Å². The summed E-state index contributed by atoms with van der Waals surface area (Å²) in [6.45, 7) is 3.31. The van der Waals surface area contributed by atoms with Crippen LogP contribution in [-0.2, 0) is 43.2 Å². The number of thioether (sulfide) groups is 2. The number of esters is 1. The molecule has 0 saturated heterocycles. The van der Waals surface area contributed by atoms with Crippen molar-refractivity contribution < 1.29 is 18.7 Å². The Morgan fingerprint density at radius 1 is 1.18 bits per heavy atom. The summed E-state index contributed by atoms with van der Waals surface area (Å²) in [6, 6.07) is 9.95. The number of aromatic nitrogens is 3. The Morgan fingerprint density at radius 2 is 2.02 bits per heavy atom. The quantitative estimate of drug-likeness (QED) is 0.132. The van der Waals surface area contributed by atoms with E-state index in [2.05, 4.69) is 28.5 Å². The van der Waals surface area contributed by atoms with Crippen LogP contribution in [0.25, 0.3) is 17.0 Å². The Balaban J connectivity index is 1.23. The summed E-state index contributed by atoms with van der Waals surface area (Å²) in [7, 11) is 5.23. The van der Waals surface area contributed by atoms with Crippen LogP contribution in [0.15, 0.2) is 46.0 Å². The lowest BCUT2D eigenvalue weighted by molar-refractivity contribution is 0.0589. The monoisotopic (exact) mass is 714 g/mol. The van der Waals surface area contributed by atoms with Gasteiger partial charge < -0.3 is 19.4 Å². The largest absolute Gasteiger partial charge is 0.491 e. The lowest BCUT2D eigenvalue weighted by Gasteiger charge is -2.26. The fourth-order valence-corrected chi connectivity index (χ4v) is 9.55. The fourth-order valence-electron chi connectivity index (χ4n) is 7.68. The number of halogens is 1. The molecule has 2 aromatic heterocycles. The zero-order valence-corrected chi connectivity index (χ0v) is 30.7. The van der Waals surface area contributed by atoms with Gasteiger partial charge in [0.05, 0.1) is 36.2 Å². The fraction of sp³-hybridized carbons (Fsp3) is 0.447. The van der Waals surface area contributed by atoms with Gasteiger partial charge in [-0.25, -0.2) is 9.18 Å². The van der Waals surface area contributed by atoms with Crippen LogP contribution in [0, 0.1) is 11.7 Å². The van der Waals surface area contributed by atoms with E-state index >= 15 is 4.39 Å². The van der Waals surface area contributed by atoms with Gasteiger partial charge in [0.15, 0.2) is 0 Å². The second-order valence-electron chi connectivity index (χ2n) is 13.7. The number of carbonyl (C=O) groups is 1. The van der Waals surface area contributed by atoms with E-state index in [0.29, 0.717) is 53.6 Å². The number of nitrogens with zero attached hydrogens (tertiary/aromatic N) is 5. The molecule has 2 aromatic carbocycles. The van der Waals surface area contributed by atoms with Crippen molar-refractivity contribution in [3.63, 3.8) is 0 Å². The summed E-state index contributed by atoms with van der Waals surface area (Å²) in [4.78, 5) is 14.5. The molecule has 12 heteroatoms. The van der Waals surface area contributed by atoms with Gasteiger partial charge in [0, 0.05) is 71.3 Å². The average Bonchev–Trinajstić information content (AvgIpc) is 3.93. The van der Waals surface area contributed by atoms with Crippen LogP contribution in [0.3, 0.4) is 0 Å². The van der Waals surface area contributed by atoms with Crippen molar-refractivity contribution in [3.05, 3.63) is 75.6 Å². The third-order valence-corrected chi connectivity index (χ3v) is 12.5. The Bertz CT molecular complexity index is 2050. The van der Waals surface area contributed by atoms with Crippen molar-refractivity contribution in [2.45, 2.75) is 67.4 Å². The normalized spacial score (nSPS) is 22.8. The molecule has 0 radical (unpaired) electrons. The highest BCUT2D eigenvalue weighted by molar-refractivity contribution is 7.98. The number of fused-ring (bicyclic) bond motifs is 7. The van der Waals surface area contributed by atoms with Crippen molar-refractivity contribution in [1.82, 2.24) is 19.4 Å². The Morgan fingerprint density at radius 3 is 2.80 bits per heavy atom. The molecule has 8 bridgehead atoms. The smallest absolute Gasteiger partial charge is 0.354 e. The molecule has 50 heavy (non-hydrogen) atoms. The molecule has 4 aliphatic rings. The number of rotatable bonds is 4. The third kappa shape index (κ3) is 5.97. The number of carbonyl (C=O) groups excluding carboxylic acids is 1. The van der Waals surface area contributed by atoms with Gasteiger partial charge in [-0.05, 0) is 98.9 Å². The molecule has 9 nitrogen and oxygen atoms in total. The van der Waals surface area contributed by atoms with Crippen molar-refractivity contribution >= 4 is 58.4 Å². The first-order chi connectivity index (χ1) is 24.3. The zero-order valence-electron chi connectivity index (χ0n) is 29.1. The highest BCUT2D eigenvalue weighted by Gasteiger charge is 2.74. The SMILES string of the molecule is C/C=N/N(/C1=C/c2c(F)ccc3c(c(C(=O)OC)n(C)c23)CCCOc2cc(cc3c2NCCC3)SCc2cc(nn2C)CSC1)C12CC1C2. The van der Waals surface area contributed by atoms with Crippen LogP contribution in [0.4, 0.5) is 10.1 Å². The number of aryl methyl sites for hydroxylation is 4. The van der Waals surface area contributed by atoms with E-state index in [9.17, 15) is 4.79 Å². The maximum absolute atomic E-state index is 16.1. The molecule has 4 heterocycles. The minimum absolute atomic E-state index is 0.0346. The topological polar surface area (TPSA) is 85.9 Å². The standard InChI is InChI=1S/C38H43FN6O3S2/c1-5-41-45(38-18-24(38)19-38)27-16-31-32(39)11-10-30-29(36(37(46)47-4)43(2)35(30)31)9-7-13-48-33-17-28(14-23-8-6-12-40-34(23)33)50-22-26-15-25(20-49-21-27)42-44(26)3/h5,10-11,14-17,24,40H,6-9,12-13,18-22H2,1-4H3/b27-16+,41-5+. The van der Waals surface area contributed by atoms with E-state index in [1.807, 2.05) is 42.6 Å². The summed E-state index contributed by atoms with van der Waals surface area (Å²) in [5.74, 6) is 2.86. The van der Waals surface area contributed by atoms with E-state index in [4.69, 9.17) is 19.7 Å². The number of anilines is 1. The lowest BCUT2D eigenvalue weighted by atomic mass is 10.0. The van der Waals surface area contributed by atoms with Crippen LogP contribution in [0.1, 0.15) is 71.2 Å². The Hall–Kier alpha value is -3.90. The number of hydrogen-bond donors (Lipinski definition) is 1. The minimum Gasteiger partial charge on any atom is -0.491 e. The molecule has 2 aliphatic heterocycles. The summed E-state index contributed by atoms with van der Waals surface area (Å²) in [6.07, 6.45) is 9.33. The van der Waals surface area contributed by atoms with E-state index < -0.39 is 5.97 Å². The van der Waals surface area contributed by atoms with Gasteiger partial charge in [0.1, 0.15) is 17.3 Å². The number of hydrogen-bond acceptors (Lipinski definition) is 9. The van der Waals surface area contributed by atoms with Crippen molar-refractivity contribution in [2.24, 2.45) is 25.1 Å². The van der Waals surface area contributed by atoms with E-state index in [1.54, 1.807) is 29.6 Å². The molecule has 2 aliphatic carbocycles. The molecule has 1 N–H and O–H groups in total. The molecule has 0 atom stereocenters. The number of methoxy groups -OCH3 is 1. The number of nitrogens with one attached hydrogen (secondary N) is 1. The van der Waals surface area contributed by atoms with Crippen molar-refractivity contribution in [2.75, 3.05) is 31.3 Å². The molecular formula is C38H43FN6O3S2. The highest BCUT2D eigenvalue weighted by Crippen LogP contribution is 2.71. The van der Waals surface area contributed by atoms with E-state index in [-0.39, 0.29) is 11.4 Å². The second kappa shape index (κ2) is 13.3. The predicted molar refractivity (Wildman–Crippen MR) is 200 cm³/mol. The Labute approximate surface area is 300 Å². The number of benzene rings is 2. The molecule has 0 unspecified atom stereocenters. The molecule has 2 saturated carbocycles. The van der Waals surface area contributed by atoms with Gasteiger partial charge in [-0.1, -0.05) is 0 Å². The molecule has 2 fully saturated rings. The molecule has 262 valence electrons. The first kappa shape index (κ1) is 33.3. The average molecular weight is 715 g/mol. The molecule has 0 spiro atoms.